The molecular formula is C23H32N4O2S. The van der Waals surface area contributed by atoms with E-state index in [0.717, 1.165) is 62.2 Å². The Bertz CT molecular complexity index is 932. The van der Waals surface area contributed by atoms with Gasteiger partial charge in [-0.1, -0.05) is 39.0 Å². The summed E-state index contributed by atoms with van der Waals surface area (Å²) in [7, 11) is 0. The minimum atomic E-state index is -0.313. The standard InChI is InChI=1S/C23H32N4O2S/c1-23(2,3)22(29)27-10-8-16(9-11-27)25-12-14-26(15-13-25)21(28)19-17-6-4-5-7-18(17)30-20(19)24/h4-7,16H,8-15,24H2,1-3H3. The second-order valence-electron chi connectivity index (χ2n) is 9.44. The maximum atomic E-state index is 13.2. The summed E-state index contributed by atoms with van der Waals surface area (Å²) in [5.41, 5.74) is 6.55. The number of nitrogen functional groups attached to an aromatic ring is 1. The van der Waals surface area contributed by atoms with Crippen molar-refractivity contribution in [3.63, 3.8) is 0 Å². The van der Waals surface area contributed by atoms with Crippen LogP contribution >= 0.6 is 11.3 Å². The third kappa shape index (κ3) is 4.05. The molecule has 0 bridgehead atoms. The molecule has 0 spiro atoms. The second-order valence-corrected chi connectivity index (χ2v) is 10.5. The SMILES string of the molecule is CC(C)(C)C(=O)N1CCC(N2CCN(C(=O)c3c(N)sc4ccccc34)CC2)CC1. The van der Waals surface area contributed by atoms with Gasteiger partial charge in [-0.05, 0) is 18.9 Å². The molecule has 2 fully saturated rings. The van der Waals surface area contributed by atoms with Crippen LogP contribution in [0.25, 0.3) is 10.1 Å². The molecule has 2 saturated heterocycles. The van der Waals surface area contributed by atoms with Crippen molar-refractivity contribution in [3.8, 4) is 0 Å². The van der Waals surface area contributed by atoms with Crippen molar-refractivity contribution in [2.75, 3.05) is 45.0 Å². The van der Waals surface area contributed by atoms with Gasteiger partial charge in [0, 0.05) is 60.8 Å². The lowest BCUT2D eigenvalue weighted by molar-refractivity contribution is -0.141. The molecule has 7 heteroatoms. The minimum absolute atomic E-state index is 0.0511. The maximum absolute atomic E-state index is 13.2. The van der Waals surface area contributed by atoms with E-state index in [4.69, 9.17) is 5.73 Å². The number of amides is 2. The molecule has 1 aromatic carbocycles. The number of carbonyl (C=O) groups is 2. The number of thiophene rings is 1. The molecule has 162 valence electrons. The number of benzene rings is 1. The molecule has 30 heavy (non-hydrogen) atoms. The third-order valence-corrected chi connectivity index (χ3v) is 7.35. The van der Waals surface area contributed by atoms with Crippen molar-refractivity contribution in [2.45, 2.75) is 39.7 Å². The van der Waals surface area contributed by atoms with Crippen LogP contribution in [0.1, 0.15) is 44.0 Å². The first-order chi connectivity index (χ1) is 14.3. The lowest BCUT2D eigenvalue weighted by Gasteiger charge is -2.43. The molecule has 0 unspecified atom stereocenters. The van der Waals surface area contributed by atoms with Gasteiger partial charge in [0.25, 0.3) is 5.91 Å². The van der Waals surface area contributed by atoms with E-state index in [1.807, 2.05) is 54.8 Å². The Hall–Kier alpha value is -2.12. The molecule has 0 aliphatic carbocycles. The van der Waals surface area contributed by atoms with Crippen LogP contribution in [0.5, 0.6) is 0 Å². The van der Waals surface area contributed by atoms with Crippen LogP contribution in [-0.2, 0) is 4.79 Å². The highest BCUT2D eigenvalue weighted by atomic mass is 32.1. The number of nitrogens with zero attached hydrogens (tertiary/aromatic N) is 3. The third-order valence-electron chi connectivity index (χ3n) is 6.35. The van der Waals surface area contributed by atoms with Crippen LogP contribution in [0.2, 0.25) is 0 Å². The van der Waals surface area contributed by atoms with Crippen molar-refractivity contribution < 1.29 is 9.59 Å². The van der Waals surface area contributed by atoms with E-state index >= 15 is 0 Å². The number of hydrogen-bond donors (Lipinski definition) is 1. The van der Waals surface area contributed by atoms with Crippen molar-refractivity contribution >= 4 is 38.2 Å². The monoisotopic (exact) mass is 428 g/mol. The molecule has 2 aromatic rings. The molecule has 6 nitrogen and oxygen atoms in total. The molecule has 4 rings (SSSR count). The Kier molecular flexibility index (Phi) is 5.77. The van der Waals surface area contributed by atoms with Crippen LogP contribution < -0.4 is 5.73 Å². The van der Waals surface area contributed by atoms with E-state index < -0.39 is 0 Å². The number of likely N-dealkylation sites (tertiary alicyclic amines) is 1. The molecule has 1 aromatic heterocycles. The number of piperazine rings is 1. The zero-order valence-corrected chi connectivity index (χ0v) is 19.0. The number of hydrogen-bond acceptors (Lipinski definition) is 5. The Morgan fingerprint density at radius 2 is 1.60 bits per heavy atom. The summed E-state index contributed by atoms with van der Waals surface area (Å²) in [5, 5.41) is 1.57. The van der Waals surface area contributed by atoms with Crippen molar-refractivity contribution in [2.24, 2.45) is 5.41 Å². The summed E-state index contributed by atoms with van der Waals surface area (Å²) in [5.74, 6) is 0.298. The number of carbonyl (C=O) groups excluding carboxylic acids is 2. The fourth-order valence-corrected chi connectivity index (χ4v) is 5.60. The predicted octanol–water partition coefficient (Wildman–Crippen LogP) is 3.28. The predicted molar refractivity (Wildman–Crippen MR) is 123 cm³/mol. The first-order valence-corrected chi connectivity index (χ1v) is 11.7. The summed E-state index contributed by atoms with van der Waals surface area (Å²) >= 11 is 1.49. The quantitative estimate of drug-likeness (QED) is 0.797. The first-order valence-electron chi connectivity index (χ1n) is 10.9. The van der Waals surface area contributed by atoms with E-state index in [1.165, 1.54) is 11.3 Å². The number of anilines is 1. The molecule has 2 aliphatic heterocycles. The normalized spacial score (nSPS) is 19.4. The molecule has 2 amide bonds. The number of rotatable bonds is 2. The zero-order chi connectivity index (χ0) is 21.5. The van der Waals surface area contributed by atoms with Crippen LogP contribution in [-0.4, -0.2) is 71.8 Å². The van der Waals surface area contributed by atoms with Crippen molar-refractivity contribution in [1.29, 1.82) is 0 Å². The number of piperidine rings is 1. The summed E-state index contributed by atoms with van der Waals surface area (Å²) in [4.78, 5) is 32.1. The lowest BCUT2D eigenvalue weighted by Crippen LogP contribution is -2.55. The van der Waals surface area contributed by atoms with E-state index in [9.17, 15) is 9.59 Å². The van der Waals surface area contributed by atoms with Crippen LogP contribution in [0.3, 0.4) is 0 Å². The highest BCUT2D eigenvalue weighted by Crippen LogP contribution is 2.34. The lowest BCUT2D eigenvalue weighted by atomic mass is 9.92. The fourth-order valence-electron chi connectivity index (χ4n) is 4.64. The van der Waals surface area contributed by atoms with Gasteiger partial charge in [-0.25, -0.2) is 0 Å². The molecule has 2 aliphatic rings. The van der Waals surface area contributed by atoms with E-state index in [0.29, 0.717) is 16.6 Å². The van der Waals surface area contributed by atoms with Gasteiger partial charge in [0.05, 0.1) is 10.6 Å². The van der Waals surface area contributed by atoms with Gasteiger partial charge < -0.3 is 15.5 Å². The summed E-state index contributed by atoms with van der Waals surface area (Å²) in [6, 6.07) is 8.43. The molecular weight excluding hydrogens is 396 g/mol. The summed E-state index contributed by atoms with van der Waals surface area (Å²) < 4.78 is 1.06. The molecule has 0 atom stereocenters. The molecule has 2 N–H and O–H groups in total. The van der Waals surface area contributed by atoms with E-state index in [2.05, 4.69) is 4.90 Å². The second kappa shape index (κ2) is 8.19. The average Bonchev–Trinajstić information content (AvgIpc) is 3.08. The van der Waals surface area contributed by atoms with Crippen LogP contribution in [0, 0.1) is 5.41 Å². The van der Waals surface area contributed by atoms with Gasteiger partial charge >= 0.3 is 0 Å². The van der Waals surface area contributed by atoms with Crippen molar-refractivity contribution in [3.05, 3.63) is 29.8 Å². The smallest absolute Gasteiger partial charge is 0.257 e. The van der Waals surface area contributed by atoms with Gasteiger partial charge in [0.1, 0.15) is 0 Å². The molecule has 3 heterocycles. The van der Waals surface area contributed by atoms with Gasteiger partial charge in [-0.15, -0.1) is 11.3 Å². The summed E-state index contributed by atoms with van der Waals surface area (Å²) in [6.45, 7) is 10.8. The Morgan fingerprint density at radius 3 is 2.23 bits per heavy atom. The largest absolute Gasteiger partial charge is 0.390 e. The average molecular weight is 429 g/mol. The Labute approximate surface area is 182 Å². The number of fused-ring (bicyclic) bond motifs is 1. The minimum Gasteiger partial charge on any atom is -0.390 e. The topological polar surface area (TPSA) is 69.9 Å². The van der Waals surface area contributed by atoms with Crippen LogP contribution in [0.15, 0.2) is 24.3 Å². The highest BCUT2D eigenvalue weighted by molar-refractivity contribution is 7.23. The van der Waals surface area contributed by atoms with E-state index in [-0.39, 0.29) is 17.2 Å². The van der Waals surface area contributed by atoms with E-state index in [1.54, 1.807) is 0 Å². The van der Waals surface area contributed by atoms with Gasteiger partial charge in [0.2, 0.25) is 5.91 Å². The molecule has 0 saturated carbocycles. The zero-order valence-electron chi connectivity index (χ0n) is 18.2. The van der Waals surface area contributed by atoms with Crippen LogP contribution in [0.4, 0.5) is 5.00 Å². The Morgan fingerprint density at radius 1 is 0.967 bits per heavy atom. The fraction of sp³-hybridized carbons (Fsp3) is 0.565. The van der Waals surface area contributed by atoms with Gasteiger partial charge in [0.15, 0.2) is 0 Å². The Balaban J connectivity index is 1.34. The molecule has 0 radical (unpaired) electrons. The highest BCUT2D eigenvalue weighted by Gasteiger charge is 2.34. The van der Waals surface area contributed by atoms with Crippen molar-refractivity contribution in [1.82, 2.24) is 14.7 Å². The maximum Gasteiger partial charge on any atom is 0.257 e. The first kappa shape index (κ1) is 21.1. The number of nitrogens with two attached hydrogens (primary N) is 1. The van der Waals surface area contributed by atoms with Gasteiger partial charge in [-0.2, -0.15) is 0 Å². The summed E-state index contributed by atoms with van der Waals surface area (Å²) in [6.07, 6.45) is 2.02. The van der Waals surface area contributed by atoms with Gasteiger partial charge in [-0.3, -0.25) is 14.5 Å².